The average Bonchev–Trinajstić information content (AvgIpc) is 2.74. The van der Waals surface area contributed by atoms with Gasteiger partial charge in [-0.2, -0.15) is 0 Å². The molecule has 0 spiro atoms. The van der Waals surface area contributed by atoms with Gasteiger partial charge in [0.05, 0.1) is 21.3 Å². The van der Waals surface area contributed by atoms with E-state index in [-0.39, 0.29) is 6.03 Å². The Balaban J connectivity index is 1.50. The molecule has 2 aromatic carbocycles. The number of benzene rings is 2. The fourth-order valence-electron chi connectivity index (χ4n) is 3.21. The van der Waals surface area contributed by atoms with E-state index >= 15 is 0 Å². The summed E-state index contributed by atoms with van der Waals surface area (Å²) in [4.78, 5) is 16.8. The Morgan fingerprint density at radius 3 is 2.18 bits per heavy atom. The van der Waals surface area contributed by atoms with Crippen molar-refractivity contribution in [2.75, 3.05) is 52.8 Å². The molecule has 1 saturated heterocycles. The molecule has 28 heavy (non-hydrogen) atoms. The van der Waals surface area contributed by atoms with Crippen molar-refractivity contribution >= 4 is 11.7 Å². The Labute approximate surface area is 165 Å². The van der Waals surface area contributed by atoms with E-state index in [4.69, 9.17) is 14.2 Å². The molecule has 0 bridgehead atoms. The fraction of sp³-hybridized carbons (Fsp3) is 0.381. The van der Waals surface area contributed by atoms with Crippen LogP contribution < -0.4 is 19.5 Å². The topological polar surface area (TPSA) is 63.3 Å². The quantitative estimate of drug-likeness (QED) is 0.828. The molecule has 1 aliphatic rings. The lowest BCUT2D eigenvalue weighted by Gasteiger charge is -2.34. The lowest BCUT2D eigenvalue weighted by molar-refractivity contribution is 0.143. The van der Waals surface area contributed by atoms with Gasteiger partial charge in [-0.25, -0.2) is 4.79 Å². The smallest absolute Gasteiger partial charge is 0.321 e. The molecule has 1 heterocycles. The largest absolute Gasteiger partial charge is 0.497 e. The number of hydrogen-bond acceptors (Lipinski definition) is 5. The summed E-state index contributed by atoms with van der Waals surface area (Å²) in [6, 6.07) is 13.3. The number of ether oxygens (including phenoxy) is 3. The van der Waals surface area contributed by atoms with E-state index < -0.39 is 0 Å². The molecule has 3 rings (SSSR count). The average molecular weight is 385 g/mol. The van der Waals surface area contributed by atoms with Crippen molar-refractivity contribution in [3.05, 3.63) is 48.0 Å². The van der Waals surface area contributed by atoms with Crippen LogP contribution in [0.25, 0.3) is 0 Å². The molecule has 0 radical (unpaired) electrons. The highest BCUT2D eigenvalue weighted by molar-refractivity contribution is 5.89. The van der Waals surface area contributed by atoms with Crippen LogP contribution in [0.2, 0.25) is 0 Å². The van der Waals surface area contributed by atoms with Gasteiger partial charge in [0.1, 0.15) is 5.75 Å². The molecule has 0 saturated carbocycles. The number of hydrogen-bond donors (Lipinski definition) is 1. The van der Waals surface area contributed by atoms with Crippen LogP contribution in [0.3, 0.4) is 0 Å². The standard InChI is InChI=1S/C21H27N3O4/c1-26-18-7-4-16(5-8-18)15-23-10-12-24(13-11-23)21(25)22-17-6-9-19(27-2)20(14-17)28-3/h4-9,14H,10-13,15H2,1-3H3,(H,22,25). The van der Waals surface area contributed by atoms with Crippen molar-refractivity contribution in [3.63, 3.8) is 0 Å². The predicted molar refractivity (Wildman–Crippen MR) is 108 cm³/mol. The van der Waals surface area contributed by atoms with E-state index in [1.54, 1.807) is 39.5 Å². The first-order valence-electron chi connectivity index (χ1n) is 9.26. The fourth-order valence-corrected chi connectivity index (χ4v) is 3.21. The molecule has 0 aromatic heterocycles. The maximum atomic E-state index is 12.6. The molecule has 150 valence electrons. The second kappa shape index (κ2) is 9.32. The molecule has 7 nitrogen and oxygen atoms in total. The van der Waals surface area contributed by atoms with E-state index in [0.29, 0.717) is 30.3 Å². The summed E-state index contributed by atoms with van der Waals surface area (Å²) in [5.74, 6) is 2.08. The number of amides is 2. The Hall–Kier alpha value is -2.93. The monoisotopic (exact) mass is 385 g/mol. The maximum absolute atomic E-state index is 12.6. The third kappa shape index (κ3) is 4.86. The Morgan fingerprint density at radius 1 is 0.893 bits per heavy atom. The van der Waals surface area contributed by atoms with Crippen LogP contribution in [-0.2, 0) is 6.54 Å². The van der Waals surface area contributed by atoms with Gasteiger partial charge in [-0.3, -0.25) is 4.90 Å². The minimum Gasteiger partial charge on any atom is -0.497 e. The van der Waals surface area contributed by atoms with Gasteiger partial charge in [-0.15, -0.1) is 0 Å². The van der Waals surface area contributed by atoms with E-state index in [9.17, 15) is 4.79 Å². The van der Waals surface area contributed by atoms with Gasteiger partial charge in [-0.1, -0.05) is 12.1 Å². The zero-order chi connectivity index (χ0) is 19.9. The first kappa shape index (κ1) is 19.8. The first-order chi connectivity index (χ1) is 13.6. The number of piperazine rings is 1. The molecular weight excluding hydrogens is 358 g/mol. The highest BCUT2D eigenvalue weighted by Crippen LogP contribution is 2.29. The summed E-state index contributed by atoms with van der Waals surface area (Å²) < 4.78 is 15.7. The van der Waals surface area contributed by atoms with E-state index in [0.717, 1.165) is 25.4 Å². The van der Waals surface area contributed by atoms with Crippen molar-refractivity contribution in [1.82, 2.24) is 9.80 Å². The second-order valence-electron chi connectivity index (χ2n) is 6.61. The summed E-state index contributed by atoms with van der Waals surface area (Å²) in [5, 5.41) is 2.93. The number of rotatable bonds is 6. The minimum absolute atomic E-state index is 0.101. The summed E-state index contributed by atoms with van der Waals surface area (Å²) >= 11 is 0. The van der Waals surface area contributed by atoms with Crippen molar-refractivity contribution in [2.24, 2.45) is 0 Å². The zero-order valence-corrected chi connectivity index (χ0v) is 16.6. The number of nitrogens with one attached hydrogen (secondary N) is 1. The SMILES string of the molecule is COc1ccc(CN2CCN(C(=O)Nc3ccc(OC)c(OC)c3)CC2)cc1. The van der Waals surface area contributed by atoms with Crippen LogP contribution in [0.1, 0.15) is 5.56 Å². The number of nitrogens with zero attached hydrogens (tertiary/aromatic N) is 2. The second-order valence-corrected chi connectivity index (χ2v) is 6.61. The van der Waals surface area contributed by atoms with Crippen LogP contribution in [-0.4, -0.2) is 63.3 Å². The molecule has 0 unspecified atom stereocenters. The number of methoxy groups -OCH3 is 3. The summed E-state index contributed by atoms with van der Waals surface area (Å²) in [6.07, 6.45) is 0. The van der Waals surface area contributed by atoms with Crippen LogP contribution in [0.5, 0.6) is 17.2 Å². The zero-order valence-electron chi connectivity index (χ0n) is 16.6. The van der Waals surface area contributed by atoms with E-state index in [2.05, 4.69) is 22.3 Å². The molecule has 1 aliphatic heterocycles. The van der Waals surface area contributed by atoms with Gasteiger partial charge < -0.3 is 24.4 Å². The molecule has 1 N–H and O–H groups in total. The number of carbonyl (C=O) groups excluding carboxylic acids is 1. The van der Waals surface area contributed by atoms with Gasteiger partial charge in [0.2, 0.25) is 0 Å². The van der Waals surface area contributed by atoms with Gasteiger partial charge in [0.25, 0.3) is 0 Å². The van der Waals surface area contributed by atoms with Crippen LogP contribution in [0.4, 0.5) is 10.5 Å². The number of urea groups is 1. The van der Waals surface area contributed by atoms with Gasteiger partial charge >= 0.3 is 6.03 Å². The Bertz CT molecular complexity index is 787. The summed E-state index contributed by atoms with van der Waals surface area (Å²) in [6.45, 7) is 3.93. The summed E-state index contributed by atoms with van der Waals surface area (Å²) in [7, 11) is 4.83. The molecule has 2 aromatic rings. The highest BCUT2D eigenvalue weighted by atomic mass is 16.5. The summed E-state index contributed by atoms with van der Waals surface area (Å²) in [5.41, 5.74) is 1.92. The molecule has 0 aliphatic carbocycles. The number of anilines is 1. The minimum atomic E-state index is -0.101. The Kier molecular flexibility index (Phi) is 6.60. The van der Waals surface area contributed by atoms with Gasteiger partial charge in [0.15, 0.2) is 11.5 Å². The molecule has 0 atom stereocenters. The van der Waals surface area contributed by atoms with Crippen molar-refractivity contribution in [1.29, 1.82) is 0 Å². The normalized spacial score (nSPS) is 14.5. The first-order valence-corrected chi connectivity index (χ1v) is 9.26. The van der Waals surface area contributed by atoms with Crippen molar-refractivity contribution in [2.45, 2.75) is 6.54 Å². The van der Waals surface area contributed by atoms with E-state index in [1.807, 2.05) is 17.0 Å². The van der Waals surface area contributed by atoms with Crippen LogP contribution >= 0.6 is 0 Å². The highest BCUT2D eigenvalue weighted by Gasteiger charge is 2.21. The molecular formula is C21H27N3O4. The van der Waals surface area contributed by atoms with Crippen LogP contribution in [0, 0.1) is 0 Å². The predicted octanol–water partition coefficient (Wildman–Crippen LogP) is 3.06. The third-order valence-electron chi connectivity index (χ3n) is 4.86. The molecule has 2 amide bonds. The Morgan fingerprint density at radius 2 is 1.57 bits per heavy atom. The lowest BCUT2D eigenvalue weighted by Crippen LogP contribution is -2.49. The van der Waals surface area contributed by atoms with Crippen LogP contribution in [0.15, 0.2) is 42.5 Å². The van der Waals surface area contributed by atoms with Crippen molar-refractivity contribution in [3.8, 4) is 17.2 Å². The van der Waals surface area contributed by atoms with E-state index in [1.165, 1.54) is 5.56 Å². The van der Waals surface area contributed by atoms with Gasteiger partial charge in [-0.05, 0) is 29.8 Å². The number of carbonyl (C=O) groups is 1. The van der Waals surface area contributed by atoms with Crippen molar-refractivity contribution < 1.29 is 19.0 Å². The third-order valence-corrected chi connectivity index (χ3v) is 4.86. The lowest BCUT2D eigenvalue weighted by atomic mass is 10.2. The molecule has 7 heteroatoms. The van der Waals surface area contributed by atoms with Gasteiger partial charge in [0, 0.05) is 44.5 Å². The maximum Gasteiger partial charge on any atom is 0.321 e. The molecule has 1 fully saturated rings.